The number of aromatic nitrogens is 2. The monoisotopic (exact) mass is 371 g/mol. The third kappa shape index (κ3) is 2.83. The van der Waals surface area contributed by atoms with Crippen molar-refractivity contribution in [3.63, 3.8) is 0 Å². The number of benzene rings is 3. The fourth-order valence-corrected chi connectivity index (χ4v) is 3.92. The lowest BCUT2D eigenvalue weighted by atomic mass is 10.0. The zero-order chi connectivity index (χ0) is 19.1. The molecule has 0 amide bonds. The normalized spacial score (nSPS) is 17.1. The Balaban J connectivity index is 1.71. The molecule has 1 atom stereocenters. The van der Waals surface area contributed by atoms with Crippen LogP contribution < -0.4 is 0 Å². The maximum absolute atomic E-state index is 13.5. The molecular formula is C23H18FN3O. The summed E-state index contributed by atoms with van der Waals surface area (Å²) in [6, 6.07) is 18.5. The zero-order valence-electron chi connectivity index (χ0n) is 15.2. The number of halogens is 1. The Morgan fingerprint density at radius 3 is 2.71 bits per heavy atom. The summed E-state index contributed by atoms with van der Waals surface area (Å²) in [4.78, 5) is 0. The molecule has 1 aliphatic rings. The first-order valence-corrected chi connectivity index (χ1v) is 9.46. The van der Waals surface area contributed by atoms with Gasteiger partial charge in [0.25, 0.3) is 0 Å². The number of ether oxygens (including phenoxy) is 1. The number of hydrogen-bond acceptors (Lipinski definition) is 3. The molecule has 4 aromatic rings. The number of rotatable bonds is 2. The van der Waals surface area contributed by atoms with Crippen molar-refractivity contribution in [3.8, 4) is 17.3 Å². The number of fused-ring (bicyclic) bond motifs is 2. The van der Waals surface area contributed by atoms with Crippen LogP contribution in [-0.4, -0.2) is 16.4 Å². The first-order chi connectivity index (χ1) is 13.7. The van der Waals surface area contributed by atoms with E-state index < -0.39 is 0 Å². The fraction of sp³-hybridized carbons (Fsp3) is 0.217. The summed E-state index contributed by atoms with van der Waals surface area (Å²) in [7, 11) is 0. The number of nitrogens with zero attached hydrogens (tertiary/aromatic N) is 3. The van der Waals surface area contributed by atoms with Crippen LogP contribution in [0.1, 0.15) is 31.1 Å². The largest absolute Gasteiger partial charge is 0.356 e. The minimum atomic E-state index is -0.247. The summed E-state index contributed by atoms with van der Waals surface area (Å²) in [5.41, 5.74) is 3.31. The molecule has 5 heteroatoms. The van der Waals surface area contributed by atoms with E-state index in [1.54, 1.807) is 6.07 Å². The molecule has 138 valence electrons. The summed E-state index contributed by atoms with van der Waals surface area (Å²) in [6.45, 7) is 0.735. The molecule has 5 rings (SSSR count). The van der Waals surface area contributed by atoms with Gasteiger partial charge in [-0.3, -0.25) is 0 Å². The van der Waals surface area contributed by atoms with Crippen LogP contribution >= 0.6 is 0 Å². The van der Waals surface area contributed by atoms with Gasteiger partial charge in [-0.25, -0.2) is 9.07 Å². The molecule has 0 saturated carbocycles. The summed E-state index contributed by atoms with van der Waals surface area (Å²) in [6.07, 6.45) is 3.02. The van der Waals surface area contributed by atoms with E-state index in [1.165, 1.54) is 12.1 Å². The minimum absolute atomic E-state index is 0.0903. The van der Waals surface area contributed by atoms with E-state index in [1.807, 2.05) is 41.1 Å². The van der Waals surface area contributed by atoms with Crippen LogP contribution in [0.2, 0.25) is 0 Å². The molecule has 1 fully saturated rings. The topological polar surface area (TPSA) is 50.8 Å². The van der Waals surface area contributed by atoms with Crippen LogP contribution in [0.3, 0.4) is 0 Å². The lowest BCUT2D eigenvalue weighted by Crippen LogP contribution is -2.19. The quantitative estimate of drug-likeness (QED) is 0.463. The van der Waals surface area contributed by atoms with E-state index in [-0.39, 0.29) is 12.0 Å². The predicted octanol–water partition coefficient (Wildman–Crippen LogP) is 5.57. The third-order valence-electron chi connectivity index (χ3n) is 5.34. The number of nitriles is 1. The van der Waals surface area contributed by atoms with Crippen molar-refractivity contribution in [1.82, 2.24) is 9.78 Å². The molecule has 0 radical (unpaired) electrons. The maximum atomic E-state index is 13.5. The van der Waals surface area contributed by atoms with Crippen molar-refractivity contribution >= 4 is 21.7 Å². The molecule has 4 nitrogen and oxygen atoms in total. The van der Waals surface area contributed by atoms with Gasteiger partial charge in [0, 0.05) is 17.6 Å². The van der Waals surface area contributed by atoms with Crippen LogP contribution in [0.15, 0.2) is 54.6 Å². The van der Waals surface area contributed by atoms with Gasteiger partial charge in [-0.2, -0.15) is 10.4 Å². The van der Waals surface area contributed by atoms with Crippen molar-refractivity contribution in [2.24, 2.45) is 0 Å². The van der Waals surface area contributed by atoms with Crippen LogP contribution in [0, 0.1) is 17.1 Å². The highest BCUT2D eigenvalue weighted by Gasteiger charge is 2.22. The average Bonchev–Trinajstić information content (AvgIpc) is 3.12. The first kappa shape index (κ1) is 16.9. The van der Waals surface area contributed by atoms with Gasteiger partial charge in [-0.15, -0.1) is 0 Å². The first-order valence-electron chi connectivity index (χ1n) is 9.46. The van der Waals surface area contributed by atoms with Gasteiger partial charge in [0.05, 0.1) is 17.1 Å². The Bertz CT molecular complexity index is 1230. The van der Waals surface area contributed by atoms with Crippen LogP contribution in [-0.2, 0) is 4.74 Å². The average molecular weight is 371 g/mol. The second-order valence-corrected chi connectivity index (χ2v) is 7.16. The molecule has 0 aliphatic carbocycles. The summed E-state index contributed by atoms with van der Waals surface area (Å²) < 4.78 is 21.4. The SMILES string of the molecule is N#Cc1ccc2c(c1)c(-c1ccc3cc(F)ccc3c1)nn2C1CCCCO1. The van der Waals surface area contributed by atoms with E-state index in [2.05, 4.69) is 6.07 Å². The highest BCUT2D eigenvalue weighted by molar-refractivity contribution is 5.97. The van der Waals surface area contributed by atoms with Crippen molar-refractivity contribution in [2.45, 2.75) is 25.5 Å². The zero-order valence-corrected chi connectivity index (χ0v) is 15.2. The van der Waals surface area contributed by atoms with E-state index in [0.717, 1.165) is 58.8 Å². The van der Waals surface area contributed by atoms with Crippen LogP contribution in [0.4, 0.5) is 4.39 Å². The van der Waals surface area contributed by atoms with Gasteiger partial charge in [-0.1, -0.05) is 18.2 Å². The minimum Gasteiger partial charge on any atom is -0.356 e. The standard InChI is InChI=1S/C23H18FN3O/c24-19-8-7-16-12-18(6-5-17(16)13-19)23-20-11-15(14-25)4-9-21(20)27(26-23)22-3-1-2-10-28-22/h4-9,11-13,22H,1-3,10H2. The Kier molecular flexibility index (Phi) is 4.07. The van der Waals surface area contributed by atoms with Crippen LogP contribution in [0.5, 0.6) is 0 Å². The molecule has 1 aromatic heterocycles. The molecular weight excluding hydrogens is 353 g/mol. The van der Waals surface area contributed by atoms with E-state index >= 15 is 0 Å². The molecule has 0 bridgehead atoms. The van der Waals surface area contributed by atoms with Gasteiger partial charge in [0.2, 0.25) is 0 Å². The highest BCUT2D eigenvalue weighted by Crippen LogP contribution is 2.34. The number of hydrogen-bond donors (Lipinski definition) is 0. The second kappa shape index (κ2) is 6.74. The lowest BCUT2D eigenvalue weighted by molar-refractivity contribution is -0.0365. The van der Waals surface area contributed by atoms with Gasteiger partial charge in [0.15, 0.2) is 6.23 Å². The highest BCUT2D eigenvalue weighted by atomic mass is 19.1. The summed E-state index contributed by atoms with van der Waals surface area (Å²) >= 11 is 0. The van der Waals surface area contributed by atoms with Crippen LogP contribution in [0.25, 0.3) is 32.9 Å². The molecule has 0 spiro atoms. The Hall–Kier alpha value is -3.23. The van der Waals surface area contributed by atoms with E-state index in [0.29, 0.717) is 5.56 Å². The smallest absolute Gasteiger partial charge is 0.150 e. The Labute approximate surface area is 161 Å². The predicted molar refractivity (Wildman–Crippen MR) is 106 cm³/mol. The summed E-state index contributed by atoms with van der Waals surface area (Å²) in [5.74, 6) is -0.247. The van der Waals surface area contributed by atoms with E-state index in [9.17, 15) is 9.65 Å². The molecule has 0 N–H and O–H groups in total. The Morgan fingerprint density at radius 1 is 1.04 bits per heavy atom. The fourth-order valence-electron chi connectivity index (χ4n) is 3.92. The van der Waals surface area contributed by atoms with Crippen molar-refractivity contribution in [1.29, 1.82) is 5.26 Å². The van der Waals surface area contributed by atoms with Gasteiger partial charge in [-0.05, 0) is 66.4 Å². The maximum Gasteiger partial charge on any atom is 0.150 e. The van der Waals surface area contributed by atoms with E-state index in [4.69, 9.17) is 9.84 Å². The molecule has 3 aromatic carbocycles. The molecule has 1 saturated heterocycles. The molecule has 28 heavy (non-hydrogen) atoms. The Morgan fingerprint density at radius 2 is 1.89 bits per heavy atom. The lowest BCUT2D eigenvalue weighted by Gasteiger charge is -2.23. The third-order valence-corrected chi connectivity index (χ3v) is 5.34. The van der Waals surface area contributed by atoms with Crippen molar-refractivity contribution in [2.75, 3.05) is 6.61 Å². The second-order valence-electron chi connectivity index (χ2n) is 7.16. The molecule has 1 aliphatic heterocycles. The van der Waals surface area contributed by atoms with Gasteiger partial charge in [0.1, 0.15) is 11.5 Å². The molecule has 1 unspecified atom stereocenters. The van der Waals surface area contributed by atoms with Gasteiger partial charge >= 0.3 is 0 Å². The van der Waals surface area contributed by atoms with Gasteiger partial charge < -0.3 is 4.74 Å². The van der Waals surface area contributed by atoms with Crippen molar-refractivity contribution < 1.29 is 9.13 Å². The summed E-state index contributed by atoms with van der Waals surface area (Å²) in [5, 5.41) is 17.0. The van der Waals surface area contributed by atoms with Crippen molar-refractivity contribution in [3.05, 3.63) is 66.0 Å². The molecule has 2 heterocycles.